The quantitative estimate of drug-likeness (QED) is 0.820. The largest absolute Gasteiger partial charge is 0.350 e. The molecule has 2 aliphatic heterocycles. The minimum absolute atomic E-state index is 0.0699. The Morgan fingerprint density at radius 3 is 2.42 bits per heavy atom. The van der Waals surface area contributed by atoms with Gasteiger partial charge in [0.05, 0.1) is 6.04 Å². The van der Waals surface area contributed by atoms with Crippen molar-refractivity contribution in [1.82, 2.24) is 19.8 Å². The predicted molar refractivity (Wildman–Crippen MR) is 99.6 cm³/mol. The zero-order chi connectivity index (χ0) is 18.8. The van der Waals surface area contributed by atoms with Crippen LogP contribution in [0, 0.1) is 11.3 Å². The molecule has 0 spiro atoms. The number of amides is 1. The first-order valence-electron chi connectivity index (χ1n) is 9.48. The molecule has 0 N–H and O–H groups in total. The number of rotatable bonds is 3. The van der Waals surface area contributed by atoms with E-state index in [0.717, 1.165) is 12.8 Å². The van der Waals surface area contributed by atoms with Crippen LogP contribution < -0.4 is 4.90 Å². The second-order valence-electron chi connectivity index (χ2n) is 7.57. The maximum atomic E-state index is 13.1. The molecule has 2 fully saturated rings. The molecule has 0 aliphatic carbocycles. The highest BCUT2D eigenvalue weighted by molar-refractivity contribution is 5.82. The lowest BCUT2D eigenvalue weighted by molar-refractivity contribution is -0.139. The third-order valence-electron chi connectivity index (χ3n) is 5.82. The van der Waals surface area contributed by atoms with Gasteiger partial charge in [0.1, 0.15) is 6.07 Å². The van der Waals surface area contributed by atoms with Crippen LogP contribution in [0.2, 0.25) is 0 Å². The van der Waals surface area contributed by atoms with Crippen LogP contribution in [0.4, 0.5) is 5.82 Å². The summed E-state index contributed by atoms with van der Waals surface area (Å²) in [6, 6.07) is 2.99. The molecule has 2 aliphatic rings. The van der Waals surface area contributed by atoms with Gasteiger partial charge in [-0.3, -0.25) is 9.69 Å². The van der Waals surface area contributed by atoms with Crippen molar-refractivity contribution in [3.63, 3.8) is 0 Å². The molecule has 1 aromatic rings. The summed E-state index contributed by atoms with van der Waals surface area (Å²) in [4.78, 5) is 28.0. The molecule has 0 saturated carbocycles. The first-order chi connectivity index (χ1) is 12.4. The van der Waals surface area contributed by atoms with Gasteiger partial charge < -0.3 is 9.80 Å². The Morgan fingerprint density at radius 2 is 1.81 bits per heavy atom. The molecule has 1 amide bonds. The Kier molecular flexibility index (Phi) is 5.42. The summed E-state index contributed by atoms with van der Waals surface area (Å²) in [5, 5.41) is 9.25. The predicted octanol–water partition coefficient (Wildman–Crippen LogP) is 1.65. The number of carbonyl (C=O) groups is 1. The average Bonchev–Trinajstić information content (AvgIpc) is 2.98. The van der Waals surface area contributed by atoms with Crippen molar-refractivity contribution in [3.8, 4) is 6.07 Å². The molecule has 1 aromatic heterocycles. The van der Waals surface area contributed by atoms with Gasteiger partial charge in [0.15, 0.2) is 11.5 Å². The zero-order valence-electron chi connectivity index (χ0n) is 16.1. The maximum Gasteiger partial charge on any atom is 0.240 e. The standard InChI is InChI=1S/C19H28N6O/c1-13-5-6-14(2)25(13)16(4)19(26)24-10-9-23(12-15(24)3)18-17(11-20)21-7-8-22-18/h7-8,13-16H,5-6,9-10,12H2,1-4H3. The summed E-state index contributed by atoms with van der Waals surface area (Å²) in [6.07, 6.45) is 5.46. The highest BCUT2D eigenvalue weighted by atomic mass is 16.2. The highest BCUT2D eigenvalue weighted by Gasteiger charge is 2.38. The van der Waals surface area contributed by atoms with Gasteiger partial charge in [0.25, 0.3) is 0 Å². The fraction of sp³-hybridized carbons (Fsp3) is 0.684. The van der Waals surface area contributed by atoms with E-state index in [1.165, 1.54) is 6.20 Å². The lowest BCUT2D eigenvalue weighted by atomic mass is 10.1. The number of nitrogens with zero attached hydrogens (tertiary/aromatic N) is 6. The van der Waals surface area contributed by atoms with Crippen molar-refractivity contribution in [1.29, 1.82) is 5.26 Å². The van der Waals surface area contributed by atoms with Crippen LogP contribution in [0.15, 0.2) is 12.4 Å². The van der Waals surface area contributed by atoms with Gasteiger partial charge in [-0.2, -0.15) is 5.26 Å². The first kappa shape index (κ1) is 18.6. The maximum absolute atomic E-state index is 13.1. The molecular weight excluding hydrogens is 328 g/mol. The number of nitriles is 1. The van der Waals surface area contributed by atoms with Crippen LogP contribution in [-0.2, 0) is 4.79 Å². The summed E-state index contributed by atoms with van der Waals surface area (Å²) >= 11 is 0. The van der Waals surface area contributed by atoms with Crippen LogP contribution in [0.1, 0.15) is 46.2 Å². The number of carbonyl (C=O) groups excluding carboxylic acids is 1. The summed E-state index contributed by atoms with van der Waals surface area (Å²) in [7, 11) is 0. The third-order valence-corrected chi connectivity index (χ3v) is 5.82. The Morgan fingerprint density at radius 1 is 1.15 bits per heavy atom. The Hall–Kier alpha value is -2.20. The monoisotopic (exact) mass is 356 g/mol. The molecular formula is C19H28N6O. The van der Waals surface area contributed by atoms with Crippen molar-refractivity contribution in [2.24, 2.45) is 0 Å². The lowest BCUT2D eigenvalue weighted by Crippen LogP contribution is -2.59. The van der Waals surface area contributed by atoms with Crippen molar-refractivity contribution in [2.75, 3.05) is 24.5 Å². The molecule has 26 heavy (non-hydrogen) atoms. The molecule has 0 bridgehead atoms. The second-order valence-corrected chi connectivity index (χ2v) is 7.57. The van der Waals surface area contributed by atoms with Gasteiger partial charge >= 0.3 is 0 Å². The summed E-state index contributed by atoms with van der Waals surface area (Å²) in [5.74, 6) is 0.821. The molecule has 7 nitrogen and oxygen atoms in total. The zero-order valence-corrected chi connectivity index (χ0v) is 16.1. The second kappa shape index (κ2) is 7.58. The van der Waals surface area contributed by atoms with Gasteiger partial charge in [0, 0.05) is 50.2 Å². The summed E-state index contributed by atoms with van der Waals surface area (Å²) in [5.41, 5.74) is 0.340. The van der Waals surface area contributed by atoms with Crippen LogP contribution in [0.5, 0.6) is 0 Å². The van der Waals surface area contributed by atoms with E-state index in [2.05, 4.69) is 46.6 Å². The molecule has 3 heterocycles. The van der Waals surface area contributed by atoms with E-state index < -0.39 is 0 Å². The van der Waals surface area contributed by atoms with E-state index in [1.54, 1.807) is 6.20 Å². The topological polar surface area (TPSA) is 76.4 Å². The van der Waals surface area contributed by atoms with Gasteiger partial charge in [0.2, 0.25) is 5.91 Å². The first-order valence-corrected chi connectivity index (χ1v) is 9.48. The SMILES string of the molecule is CC1CN(c2nccnc2C#N)CCN1C(=O)C(C)N1C(C)CCC1C. The fourth-order valence-corrected chi connectivity index (χ4v) is 4.46. The number of anilines is 1. The van der Waals surface area contributed by atoms with Crippen molar-refractivity contribution >= 4 is 11.7 Å². The summed E-state index contributed by atoms with van der Waals surface area (Å²) < 4.78 is 0. The molecule has 140 valence electrons. The Bertz CT molecular complexity index is 692. The van der Waals surface area contributed by atoms with Crippen LogP contribution in [-0.4, -0.2) is 69.5 Å². The van der Waals surface area contributed by atoms with E-state index in [9.17, 15) is 10.1 Å². The van der Waals surface area contributed by atoms with Crippen molar-refractivity contribution in [3.05, 3.63) is 18.1 Å². The Balaban J connectivity index is 1.69. The summed E-state index contributed by atoms with van der Waals surface area (Å²) in [6.45, 7) is 10.5. The molecule has 4 unspecified atom stereocenters. The molecule has 7 heteroatoms. The van der Waals surface area contributed by atoms with Crippen LogP contribution >= 0.6 is 0 Å². The fourth-order valence-electron chi connectivity index (χ4n) is 4.46. The van der Waals surface area contributed by atoms with Crippen LogP contribution in [0.25, 0.3) is 0 Å². The van der Waals surface area contributed by atoms with E-state index in [4.69, 9.17) is 0 Å². The number of hydrogen-bond acceptors (Lipinski definition) is 6. The molecule has 3 rings (SSSR count). The minimum Gasteiger partial charge on any atom is -0.350 e. The van der Waals surface area contributed by atoms with Gasteiger partial charge in [-0.1, -0.05) is 0 Å². The van der Waals surface area contributed by atoms with Gasteiger partial charge in [-0.05, 0) is 40.5 Å². The van der Waals surface area contributed by atoms with Gasteiger partial charge in [-0.15, -0.1) is 0 Å². The normalized spacial score (nSPS) is 28.0. The third kappa shape index (κ3) is 3.38. The van der Waals surface area contributed by atoms with Crippen molar-refractivity contribution in [2.45, 2.75) is 64.7 Å². The lowest BCUT2D eigenvalue weighted by Gasteiger charge is -2.43. The number of piperazine rings is 1. The van der Waals surface area contributed by atoms with Crippen LogP contribution in [0.3, 0.4) is 0 Å². The Labute approximate surface area is 155 Å². The van der Waals surface area contributed by atoms with E-state index in [1.807, 2.05) is 11.8 Å². The van der Waals surface area contributed by atoms with E-state index in [-0.39, 0.29) is 18.0 Å². The molecule has 4 atom stereocenters. The van der Waals surface area contributed by atoms with E-state index >= 15 is 0 Å². The smallest absolute Gasteiger partial charge is 0.240 e. The molecule has 0 radical (unpaired) electrons. The molecule has 0 aromatic carbocycles. The minimum atomic E-state index is -0.0947. The van der Waals surface area contributed by atoms with E-state index in [0.29, 0.717) is 43.2 Å². The van der Waals surface area contributed by atoms with Crippen molar-refractivity contribution < 1.29 is 4.79 Å². The number of hydrogen-bond donors (Lipinski definition) is 0. The highest BCUT2D eigenvalue weighted by Crippen LogP contribution is 2.27. The molecule has 2 saturated heterocycles. The number of aromatic nitrogens is 2. The average molecular weight is 356 g/mol. The van der Waals surface area contributed by atoms with Gasteiger partial charge in [-0.25, -0.2) is 9.97 Å². The number of likely N-dealkylation sites (tertiary alicyclic amines) is 1.